The second-order valence-electron chi connectivity index (χ2n) is 3.56. The van der Waals surface area contributed by atoms with Gasteiger partial charge < -0.3 is 10.2 Å². The molecule has 0 radical (unpaired) electrons. The summed E-state index contributed by atoms with van der Waals surface area (Å²) in [5.74, 6) is 0.973. The van der Waals surface area contributed by atoms with Crippen molar-refractivity contribution in [3.8, 4) is 0 Å². The molecule has 2 heterocycles. The van der Waals surface area contributed by atoms with Crippen LogP contribution in [0.25, 0.3) is 0 Å². The molecule has 5 heteroatoms. The minimum atomic E-state index is 0.876. The number of halogens is 1. The number of nitrogens with zero attached hydrogens (tertiary/aromatic N) is 3. The number of hydrogen-bond acceptors (Lipinski definition) is 4. The van der Waals surface area contributed by atoms with Crippen molar-refractivity contribution in [1.82, 2.24) is 15.3 Å². The highest BCUT2D eigenvalue weighted by Crippen LogP contribution is 2.17. The third-order valence-corrected chi connectivity index (χ3v) is 3.20. The summed E-state index contributed by atoms with van der Waals surface area (Å²) in [6.07, 6.45) is 2.78. The van der Waals surface area contributed by atoms with Crippen LogP contribution < -0.4 is 10.2 Å². The second-order valence-corrected chi connectivity index (χ2v) is 4.31. The summed E-state index contributed by atoms with van der Waals surface area (Å²) in [5.41, 5.74) is 1.02. The quantitative estimate of drug-likeness (QED) is 0.878. The van der Waals surface area contributed by atoms with Gasteiger partial charge in [-0.2, -0.15) is 0 Å². The third-order valence-electron chi connectivity index (χ3n) is 2.56. The van der Waals surface area contributed by atoms with Crippen molar-refractivity contribution in [2.24, 2.45) is 0 Å². The van der Waals surface area contributed by atoms with Crippen molar-refractivity contribution in [3.63, 3.8) is 0 Å². The predicted octanol–water partition coefficient (Wildman–Crippen LogP) is 1.21. The molecule has 0 aliphatic carbocycles. The van der Waals surface area contributed by atoms with Crippen LogP contribution in [0.4, 0.5) is 5.82 Å². The molecule has 0 aromatic carbocycles. The maximum atomic E-state index is 4.52. The van der Waals surface area contributed by atoms with Gasteiger partial charge in [-0.25, -0.2) is 4.98 Å². The fourth-order valence-corrected chi connectivity index (χ4v) is 2.23. The van der Waals surface area contributed by atoms with E-state index in [0.717, 1.165) is 48.7 Å². The van der Waals surface area contributed by atoms with E-state index >= 15 is 0 Å². The van der Waals surface area contributed by atoms with E-state index in [0.29, 0.717) is 0 Å². The van der Waals surface area contributed by atoms with Gasteiger partial charge in [0.2, 0.25) is 0 Å². The van der Waals surface area contributed by atoms with Gasteiger partial charge in [-0.05, 0) is 22.4 Å². The Bertz CT molecular complexity index is 336. The highest BCUT2D eigenvalue weighted by Gasteiger charge is 2.13. The Morgan fingerprint density at radius 1 is 1.47 bits per heavy atom. The molecule has 1 saturated heterocycles. The zero-order chi connectivity index (χ0) is 10.7. The standard InChI is InChI=1S/C10H15BrN4/c1-2-8-10(11)14-9(7-13-8)15-5-3-12-4-6-15/h7,12H,2-6H2,1H3. The number of hydrogen-bond donors (Lipinski definition) is 1. The van der Waals surface area contributed by atoms with Gasteiger partial charge in [0.05, 0.1) is 11.9 Å². The minimum Gasteiger partial charge on any atom is -0.353 e. The van der Waals surface area contributed by atoms with Crippen LogP contribution in [0, 0.1) is 0 Å². The molecule has 1 aliphatic rings. The van der Waals surface area contributed by atoms with E-state index in [1.165, 1.54) is 0 Å². The Kier molecular flexibility index (Phi) is 3.53. The molecular weight excluding hydrogens is 256 g/mol. The number of aromatic nitrogens is 2. The van der Waals surface area contributed by atoms with E-state index in [1.807, 2.05) is 6.20 Å². The first kappa shape index (κ1) is 10.8. The number of aryl methyl sites for hydroxylation is 1. The van der Waals surface area contributed by atoms with Crippen molar-refractivity contribution < 1.29 is 0 Å². The zero-order valence-electron chi connectivity index (χ0n) is 8.83. The summed E-state index contributed by atoms with van der Waals surface area (Å²) in [6, 6.07) is 0. The highest BCUT2D eigenvalue weighted by atomic mass is 79.9. The number of rotatable bonds is 2. The van der Waals surface area contributed by atoms with E-state index in [1.54, 1.807) is 0 Å². The lowest BCUT2D eigenvalue weighted by Gasteiger charge is -2.28. The smallest absolute Gasteiger partial charge is 0.148 e. The Hall–Kier alpha value is -0.680. The molecular formula is C10H15BrN4. The molecule has 0 amide bonds. The van der Waals surface area contributed by atoms with Crippen molar-refractivity contribution in [2.75, 3.05) is 31.1 Å². The Morgan fingerprint density at radius 3 is 2.80 bits per heavy atom. The van der Waals surface area contributed by atoms with Gasteiger partial charge in [0, 0.05) is 26.2 Å². The van der Waals surface area contributed by atoms with E-state index in [-0.39, 0.29) is 0 Å². The molecule has 1 fully saturated rings. The molecule has 82 valence electrons. The molecule has 1 aromatic rings. The van der Waals surface area contributed by atoms with Gasteiger partial charge >= 0.3 is 0 Å². The number of anilines is 1. The average Bonchev–Trinajstić information content (AvgIpc) is 2.30. The van der Waals surface area contributed by atoms with Crippen molar-refractivity contribution in [1.29, 1.82) is 0 Å². The van der Waals surface area contributed by atoms with Crippen LogP contribution in [0.5, 0.6) is 0 Å². The molecule has 0 atom stereocenters. The lowest BCUT2D eigenvalue weighted by Crippen LogP contribution is -2.44. The van der Waals surface area contributed by atoms with E-state index in [9.17, 15) is 0 Å². The third kappa shape index (κ3) is 2.46. The molecule has 1 N–H and O–H groups in total. The molecule has 0 unspecified atom stereocenters. The number of piperazine rings is 1. The van der Waals surface area contributed by atoms with Crippen LogP contribution >= 0.6 is 15.9 Å². The normalized spacial score (nSPS) is 16.8. The van der Waals surface area contributed by atoms with Gasteiger partial charge in [-0.15, -0.1) is 0 Å². The Balaban J connectivity index is 2.17. The van der Waals surface area contributed by atoms with E-state index < -0.39 is 0 Å². The van der Waals surface area contributed by atoms with Gasteiger partial charge in [-0.1, -0.05) is 6.92 Å². The largest absolute Gasteiger partial charge is 0.353 e. The summed E-state index contributed by atoms with van der Waals surface area (Å²) < 4.78 is 0.876. The average molecular weight is 271 g/mol. The molecule has 1 aliphatic heterocycles. The summed E-state index contributed by atoms with van der Waals surface area (Å²) in [4.78, 5) is 11.2. The first-order valence-corrected chi connectivity index (χ1v) is 6.07. The van der Waals surface area contributed by atoms with Crippen LogP contribution in [0.2, 0.25) is 0 Å². The monoisotopic (exact) mass is 270 g/mol. The van der Waals surface area contributed by atoms with Gasteiger partial charge in [0.25, 0.3) is 0 Å². The van der Waals surface area contributed by atoms with E-state index in [2.05, 4.69) is 43.0 Å². The first-order chi connectivity index (χ1) is 7.31. The van der Waals surface area contributed by atoms with Crippen LogP contribution in [0.15, 0.2) is 10.8 Å². The van der Waals surface area contributed by atoms with Crippen molar-refractivity contribution in [2.45, 2.75) is 13.3 Å². The van der Waals surface area contributed by atoms with Gasteiger partial charge in [0.15, 0.2) is 0 Å². The SMILES string of the molecule is CCc1ncc(N2CCNCC2)nc1Br. The lowest BCUT2D eigenvalue weighted by molar-refractivity contribution is 0.583. The second kappa shape index (κ2) is 4.90. The highest BCUT2D eigenvalue weighted by molar-refractivity contribution is 9.10. The fourth-order valence-electron chi connectivity index (χ4n) is 1.67. The fraction of sp³-hybridized carbons (Fsp3) is 0.600. The predicted molar refractivity (Wildman–Crippen MR) is 64.2 cm³/mol. The van der Waals surface area contributed by atoms with E-state index in [4.69, 9.17) is 0 Å². The minimum absolute atomic E-state index is 0.876. The molecule has 0 spiro atoms. The molecule has 2 rings (SSSR count). The summed E-state index contributed by atoms with van der Waals surface area (Å²) >= 11 is 3.46. The molecule has 0 saturated carbocycles. The van der Waals surface area contributed by atoms with Crippen LogP contribution in [-0.4, -0.2) is 36.1 Å². The Labute approximate surface area is 98.2 Å². The molecule has 4 nitrogen and oxygen atoms in total. The summed E-state index contributed by atoms with van der Waals surface area (Å²) in [7, 11) is 0. The topological polar surface area (TPSA) is 41.1 Å². The lowest BCUT2D eigenvalue weighted by atomic mass is 10.3. The van der Waals surface area contributed by atoms with Gasteiger partial charge in [-0.3, -0.25) is 4.98 Å². The molecule has 0 bridgehead atoms. The molecule has 1 aromatic heterocycles. The van der Waals surface area contributed by atoms with Crippen LogP contribution in [0.3, 0.4) is 0 Å². The van der Waals surface area contributed by atoms with Crippen molar-refractivity contribution in [3.05, 3.63) is 16.5 Å². The van der Waals surface area contributed by atoms with Crippen LogP contribution in [0.1, 0.15) is 12.6 Å². The maximum Gasteiger partial charge on any atom is 0.148 e. The number of nitrogens with one attached hydrogen (secondary N) is 1. The maximum absolute atomic E-state index is 4.52. The molecule has 15 heavy (non-hydrogen) atoms. The summed E-state index contributed by atoms with van der Waals surface area (Å²) in [6.45, 7) is 6.14. The Morgan fingerprint density at radius 2 is 2.20 bits per heavy atom. The first-order valence-electron chi connectivity index (χ1n) is 5.28. The van der Waals surface area contributed by atoms with Crippen molar-refractivity contribution >= 4 is 21.7 Å². The van der Waals surface area contributed by atoms with Crippen LogP contribution in [-0.2, 0) is 6.42 Å². The van der Waals surface area contributed by atoms with Gasteiger partial charge in [0.1, 0.15) is 10.4 Å². The summed E-state index contributed by atoms with van der Waals surface area (Å²) in [5, 5.41) is 3.32. The zero-order valence-corrected chi connectivity index (χ0v) is 10.4.